The number of nitrogens with zero attached hydrogens (tertiary/aromatic N) is 2. The van der Waals surface area contributed by atoms with E-state index in [1.54, 1.807) is 0 Å². The summed E-state index contributed by atoms with van der Waals surface area (Å²) in [5, 5.41) is 12.7. The highest BCUT2D eigenvalue weighted by molar-refractivity contribution is 5.88. The fourth-order valence-corrected chi connectivity index (χ4v) is 1.20. The lowest BCUT2D eigenvalue weighted by molar-refractivity contribution is 0.0692. The second-order valence-electron chi connectivity index (χ2n) is 3.36. The maximum Gasteiger partial charge on any atom is 0.341 e. The van der Waals surface area contributed by atoms with E-state index in [-0.39, 0.29) is 11.5 Å². The van der Waals surface area contributed by atoms with Crippen molar-refractivity contribution in [3.63, 3.8) is 0 Å². The highest BCUT2D eigenvalue weighted by atomic mass is 16.4. The SMILES string of the molecule is CC(C)c1cnn(C)c(=O)c1C(=O)O. The molecule has 1 aromatic rings. The molecule has 0 aliphatic rings. The Balaban J connectivity index is 3.54. The maximum atomic E-state index is 11.5. The Morgan fingerprint density at radius 1 is 1.57 bits per heavy atom. The summed E-state index contributed by atoms with van der Waals surface area (Å²) < 4.78 is 1.02. The number of rotatable bonds is 2. The Hall–Kier alpha value is -1.65. The molecule has 1 N–H and O–H groups in total. The van der Waals surface area contributed by atoms with Gasteiger partial charge in [0.05, 0.1) is 6.20 Å². The van der Waals surface area contributed by atoms with Gasteiger partial charge in [-0.05, 0) is 11.5 Å². The molecule has 0 amide bonds. The molecular formula is C9H12N2O3. The quantitative estimate of drug-likeness (QED) is 0.751. The monoisotopic (exact) mass is 196 g/mol. The van der Waals surface area contributed by atoms with Crippen LogP contribution in [0.2, 0.25) is 0 Å². The third-order valence-corrected chi connectivity index (χ3v) is 2.00. The van der Waals surface area contributed by atoms with Crippen LogP contribution in [-0.2, 0) is 7.05 Å². The van der Waals surface area contributed by atoms with Gasteiger partial charge in [-0.15, -0.1) is 0 Å². The van der Waals surface area contributed by atoms with Gasteiger partial charge in [0.15, 0.2) is 0 Å². The first-order valence-electron chi connectivity index (χ1n) is 4.24. The molecule has 0 unspecified atom stereocenters. The summed E-state index contributed by atoms with van der Waals surface area (Å²) in [7, 11) is 1.43. The number of carboxylic acid groups (broad SMARTS) is 1. The van der Waals surface area contributed by atoms with Gasteiger partial charge >= 0.3 is 5.97 Å². The molecule has 1 rings (SSSR count). The number of hydrogen-bond donors (Lipinski definition) is 1. The zero-order valence-electron chi connectivity index (χ0n) is 8.31. The van der Waals surface area contributed by atoms with Gasteiger partial charge in [-0.2, -0.15) is 5.10 Å². The molecule has 0 saturated carbocycles. The third-order valence-electron chi connectivity index (χ3n) is 2.00. The zero-order valence-corrected chi connectivity index (χ0v) is 8.31. The maximum absolute atomic E-state index is 11.5. The van der Waals surface area contributed by atoms with E-state index in [0.29, 0.717) is 5.56 Å². The Bertz CT molecular complexity index is 421. The van der Waals surface area contributed by atoms with Gasteiger partial charge in [0.1, 0.15) is 5.56 Å². The second-order valence-corrected chi connectivity index (χ2v) is 3.36. The predicted molar refractivity (Wildman–Crippen MR) is 50.5 cm³/mol. The molecule has 0 aromatic carbocycles. The lowest BCUT2D eigenvalue weighted by Gasteiger charge is -2.08. The van der Waals surface area contributed by atoms with Crippen molar-refractivity contribution in [1.29, 1.82) is 0 Å². The molecule has 5 nitrogen and oxygen atoms in total. The summed E-state index contributed by atoms with van der Waals surface area (Å²) in [5.74, 6) is -1.22. The van der Waals surface area contributed by atoms with Gasteiger partial charge in [0.25, 0.3) is 5.56 Å². The number of aromatic carboxylic acids is 1. The number of aryl methyl sites for hydroxylation is 1. The minimum absolute atomic E-state index is 0.0255. The van der Waals surface area contributed by atoms with E-state index in [1.807, 2.05) is 13.8 Å². The van der Waals surface area contributed by atoms with Crippen molar-refractivity contribution in [2.24, 2.45) is 7.05 Å². The van der Waals surface area contributed by atoms with Gasteiger partial charge < -0.3 is 5.11 Å². The van der Waals surface area contributed by atoms with Crippen molar-refractivity contribution in [1.82, 2.24) is 9.78 Å². The standard InChI is InChI=1S/C9H12N2O3/c1-5(2)6-4-10-11(3)8(12)7(6)9(13)14/h4-5H,1-3H3,(H,13,14). The smallest absolute Gasteiger partial charge is 0.341 e. The molecule has 0 spiro atoms. The van der Waals surface area contributed by atoms with Crippen molar-refractivity contribution in [3.05, 3.63) is 27.7 Å². The van der Waals surface area contributed by atoms with Crippen LogP contribution in [0.4, 0.5) is 0 Å². The van der Waals surface area contributed by atoms with Crippen LogP contribution >= 0.6 is 0 Å². The normalized spacial score (nSPS) is 10.6. The third kappa shape index (κ3) is 1.66. The molecule has 0 bridgehead atoms. The zero-order chi connectivity index (χ0) is 10.9. The Morgan fingerprint density at radius 3 is 2.57 bits per heavy atom. The van der Waals surface area contributed by atoms with E-state index in [0.717, 1.165) is 4.68 Å². The van der Waals surface area contributed by atoms with Gasteiger partial charge in [-0.1, -0.05) is 13.8 Å². The second kappa shape index (κ2) is 3.61. The number of carboxylic acids is 1. The van der Waals surface area contributed by atoms with E-state index < -0.39 is 11.5 Å². The Kier molecular flexibility index (Phi) is 2.69. The number of carbonyl (C=O) groups is 1. The first-order chi connectivity index (χ1) is 6.45. The van der Waals surface area contributed by atoms with E-state index in [4.69, 9.17) is 5.11 Å². The molecular weight excluding hydrogens is 184 g/mol. The van der Waals surface area contributed by atoms with Crippen molar-refractivity contribution >= 4 is 5.97 Å². The molecule has 1 aromatic heterocycles. The van der Waals surface area contributed by atoms with E-state index in [2.05, 4.69) is 5.10 Å². The summed E-state index contributed by atoms with van der Waals surface area (Å²) in [6.45, 7) is 3.64. The highest BCUT2D eigenvalue weighted by Gasteiger charge is 2.18. The van der Waals surface area contributed by atoms with Gasteiger partial charge in [0, 0.05) is 7.05 Å². The molecule has 0 aliphatic heterocycles. The summed E-state index contributed by atoms with van der Waals surface area (Å²) in [5.41, 5.74) is -0.276. The summed E-state index contributed by atoms with van der Waals surface area (Å²) >= 11 is 0. The minimum atomic E-state index is -1.20. The minimum Gasteiger partial charge on any atom is -0.477 e. The molecule has 0 radical (unpaired) electrons. The van der Waals surface area contributed by atoms with Crippen molar-refractivity contribution in [3.8, 4) is 0 Å². The fourth-order valence-electron chi connectivity index (χ4n) is 1.20. The molecule has 0 fully saturated rings. The van der Waals surface area contributed by atoms with Crippen LogP contribution in [0.1, 0.15) is 35.7 Å². The summed E-state index contributed by atoms with van der Waals surface area (Å²) in [6, 6.07) is 0. The van der Waals surface area contributed by atoms with Crippen LogP contribution in [-0.4, -0.2) is 20.9 Å². The Labute approximate surface area is 81.0 Å². The molecule has 0 aliphatic carbocycles. The first kappa shape index (κ1) is 10.4. The van der Waals surface area contributed by atoms with Crippen LogP contribution in [0, 0.1) is 0 Å². The van der Waals surface area contributed by atoms with E-state index >= 15 is 0 Å². The van der Waals surface area contributed by atoms with Crippen LogP contribution < -0.4 is 5.56 Å². The molecule has 5 heteroatoms. The molecule has 0 saturated heterocycles. The van der Waals surface area contributed by atoms with Crippen LogP contribution in [0.25, 0.3) is 0 Å². The van der Waals surface area contributed by atoms with Crippen molar-refractivity contribution < 1.29 is 9.90 Å². The lowest BCUT2D eigenvalue weighted by Crippen LogP contribution is -2.28. The predicted octanol–water partition coefficient (Wildman–Crippen LogP) is 0.602. The van der Waals surface area contributed by atoms with Gasteiger partial charge in [-0.3, -0.25) is 4.79 Å². The highest BCUT2D eigenvalue weighted by Crippen LogP contribution is 2.14. The van der Waals surface area contributed by atoms with Crippen LogP contribution in [0.15, 0.2) is 11.0 Å². The molecule has 0 atom stereocenters. The van der Waals surface area contributed by atoms with Crippen LogP contribution in [0.5, 0.6) is 0 Å². The topological polar surface area (TPSA) is 72.2 Å². The van der Waals surface area contributed by atoms with Crippen LogP contribution in [0.3, 0.4) is 0 Å². The van der Waals surface area contributed by atoms with Crippen molar-refractivity contribution in [2.75, 3.05) is 0 Å². The summed E-state index contributed by atoms with van der Waals surface area (Å²) in [4.78, 5) is 22.3. The molecule has 1 heterocycles. The van der Waals surface area contributed by atoms with Gasteiger partial charge in [-0.25, -0.2) is 9.48 Å². The fraction of sp³-hybridized carbons (Fsp3) is 0.444. The van der Waals surface area contributed by atoms with Gasteiger partial charge in [0.2, 0.25) is 0 Å². The average Bonchev–Trinajstić information content (AvgIpc) is 2.08. The Morgan fingerprint density at radius 2 is 2.14 bits per heavy atom. The molecule has 14 heavy (non-hydrogen) atoms. The first-order valence-corrected chi connectivity index (χ1v) is 4.24. The average molecular weight is 196 g/mol. The number of hydrogen-bond acceptors (Lipinski definition) is 3. The van der Waals surface area contributed by atoms with E-state index in [9.17, 15) is 9.59 Å². The largest absolute Gasteiger partial charge is 0.477 e. The van der Waals surface area contributed by atoms with Crippen molar-refractivity contribution in [2.45, 2.75) is 19.8 Å². The summed E-state index contributed by atoms with van der Waals surface area (Å²) in [6.07, 6.45) is 1.43. The molecule has 76 valence electrons. The number of aromatic nitrogens is 2. The lowest BCUT2D eigenvalue weighted by atomic mass is 10.0. The van der Waals surface area contributed by atoms with E-state index in [1.165, 1.54) is 13.2 Å².